The minimum atomic E-state index is -0.0299. The predicted octanol–water partition coefficient (Wildman–Crippen LogP) is 6.36. The van der Waals surface area contributed by atoms with Crippen molar-refractivity contribution in [2.24, 2.45) is 0 Å². The van der Waals surface area contributed by atoms with Crippen LogP contribution in [-0.2, 0) is 19.3 Å². The van der Waals surface area contributed by atoms with Crippen LogP contribution in [0.1, 0.15) is 51.9 Å². The number of amides is 2. The number of nitrogens with zero attached hydrogens (tertiary/aromatic N) is 1. The van der Waals surface area contributed by atoms with E-state index in [2.05, 4.69) is 56.4 Å². The van der Waals surface area contributed by atoms with Crippen LogP contribution in [0, 0.1) is 6.92 Å². The number of anilines is 1. The van der Waals surface area contributed by atoms with Gasteiger partial charge in [0, 0.05) is 22.0 Å². The molecule has 4 rings (SSSR count). The average Bonchev–Trinajstić information content (AvgIpc) is 3.08. The van der Waals surface area contributed by atoms with E-state index in [1.54, 1.807) is 0 Å². The first-order valence-corrected chi connectivity index (χ1v) is 11.3. The minimum Gasteiger partial charge on any atom is -0.312 e. The second-order valence-corrected chi connectivity index (χ2v) is 8.79. The molecule has 1 aliphatic heterocycles. The second kappa shape index (κ2) is 8.42. The van der Waals surface area contributed by atoms with Crippen LogP contribution in [0.15, 0.2) is 54.6 Å². The summed E-state index contributed by atoms with van der Waals surface area (Å²) in [4.78, 5) is 18.1. The number of hydrogen-bond acceptors (Lipinski definition) is 2. The Labute approximate surface area is 177 Å². The van der Waals surface area contributed by atoms with E-state index in [1.807, 2.05) is 40.5 Å². The van der Waals surface area contributed by atoms with Gasteiger partial charge in [-0.15, -0.1) is 11.3 Å². The predicted molar refractivity (Wildman–Crippen MR) is 122 cm³/mol. The van der Waals surface area contributed by atoms with E-state index < -0.39 is 0 Å². The molecule has 3 nitrogen and oxygen atoms in total. The van der Waals surface area contributed by atoms with E-state index in [9.17, 15) is 4.79 Å². The number of thiophene rings is 1. The van der Waals surface area contributed by atoms with Crippen LogP contribution in [0.5, 0.6) is 0 Å². The zero-order chi connectivity index (χ0) is 20.4. The Morgan fingerprint density at radius 3 is 2.52 bits per heavy atom. The third-order valence-corrected chi connectivity index (χ3v) is 7.12. The molecule has 2 amide bonds. The van der Waals surface area contributed by atoms with Crippen molar-refractivity contribution in [2.75, 3.05) is 11.9 Å². The van der Waals surface area contributed by atoms with E-state index in [4.69, 9.17) is 0 Å². The third-order valence-electron chi connectivity index (χ3n) is 5.88. The van der Waals surface area contributed by atoms with Gasteiger partial charge in [-0.1, -0.05) is 62.4 Å². The summed E-state index contributed by atoms with van der Waals surface area (Å²) >= 11 is 1.86. The van der Waals surface area contributed by atoms with Crippen LogP contribution < -0.4 is 5.32 Å². The molecule has 2 heterocycles. The summed E-state index contributed by atoms with van der Waals surface area (Å²) < 4.78 is 0. The number of benzene rings is 2. The molecule has 0 radical (unpaired) electrons. The quantitative estimate of drug-likeness (QED) is 0.539. The fourth-order valence-corrected chi connectivity index (χ4v) is 5.88. The van der Waals surface area contributed by atoms with Gasteiger partial charge in [-0.25, -0.2) is 4.79 Å². The first kappa shape index (κ1) is 19.7. The number of aryl methyl sites for hydroxylation is 2. The highest BCUT2D eigenvalue weighted by Gasteiger charge is 2.35. The zero-order valence-electron chi connectivity index (χ0n) is 17.4. The number of hydrogen-bond donors (Lipinski definition) is 1. The van der Waals surface area contributed by atoms with E-state index in [1.165, 1.54) is 26.4 Å². The highest BCUT2D eigenvalue weighted by molar-refractivity contribution is 7.12. The van der Waals surface area contributed by atoms with Crippen molar-refractivity contribution in [3.05, 3.63) is 86.6 Å². The fraction of sp³-hybridized carbons (Fsp3) is 0.320. The second-order valence-electron chi connectivity index (χ2n) is 7.53. The summed E-state index contributed by atoms with van der Waals surface area (Å²) in [5.74, 6) is 0. The molecular weight excluding hydrogens is 376 g/mol. The number of carbonyl (C=O) groups is 1. The lowest BCUT2D eigenvalue weighted by atomic mass is 9.92. The highest BCUT2D eigenvalue weighted by Crippen LogP contribution is 2.43. The average molecular weight is 405 g/mol. The number of carbonyl (C=O) groups excluding carboxylic acids is 1. The summed E-state index contributed by atoms with van der Waals surface area (Å²) in [6, 6.07) is 18.5. The maximum atomic E-state index is 13.4. The monoisotopic (exact) mass is 404 g/mol. The lowest BCUT2D eigenvalue weighted by molar-refractivity contribution is 0.195. The Bertz CT molecular complexity index is 1010. The van der Waals surface area contributed by atoms with Crippen molar-refractivity contribution < 1.29 is 4.79 Å². The maximum absolute atomic E-state index is 13.4. The van der Waals surface area contributed by atoms with Gasteiger partial charge in [0.05, 0.1) is 6.04 Å². The lowest BCUT2D eigenvalue weighted by Crippen LogP contribution is -2.42. The van der Waals surface area contributed by atoms with Crippen LogP contribution >= 0.6 is 11.3 Å². The lowest BCUT2D eigenvalue weighted by Gasteiger charge is -2.36. The first-order valence-electron chi connectivity index (χ1n) is 10.5. The summed E-state index contributed by atoms with van der Waals surface area (Å²) in [5, 5.41) is 3.19. The first-order chi connectivity index (χ1) is 14.1. The van der Waals surface area contributed by atoms with Crippen molar-refractivity contribution in [3.63, 3.8) is 0 Å². The molecule has 150 valence electrons. The summed E-state index contributed by atoms with van der Waals surface area (Å²) in [7, 11) is 0. The van der Waals surface area contributed by atoms with Gasteiger partial charge in [0.15, 0.2) is 0 Å². The van der Waals surface area contributed by atoms with Crippen molar-refractivity contribution in [1.29, 1.82) is 0 Å². The van der Waals surface area contributed by atoms with Gasteiger partial charge in [0.2, 0.25) is 0 Å². The van der Waals surface area contributed by atoms with Crippen molar-refractivity contribution in [3.8, 4) is 0 Å². The largest absolute Gasteiger partial charge is 0.322 e. The molecular formula is C25H28N2OS. The normalized spacial score (nSPS) is 15.8. The van der Waals surface area contributed by atoms with Crippen LogP contribution in [0.2, 0.25) is 0 Å². The molecule has 0 aliphatic carbocycles. The van der Waals surface area contributed by atoms with Crippen LogP contribution in [0.25, 0.3) is 0 Å². The molecule has 3 aromatic rings. The molecule has 0 bridgehead atoms. The summed E-state index contributed by atoms with van der Waals surface area (Å²) in [5.41, 5.74) is 6.18. The van der Waals surface area contributed by atoms with Gasteiger partial charge in [0.25, 0.3) is 0 Å². The van der Waals surface area contributed by atoms with Gasteiger partial charge < -0.3 is 10.2 Å². The Balaban J connectivity index is 1.73. The van der Waals surface area contributed by atoms with E-state index >= 15 is 0 Å². The molecule has 0 saturated heterocycles. The molecule has 0 spiro atoms. The van der Waals surface area contributed by atoms with Gasteiger partial charge in [-0.2, -0.15) is 0 Å². The van der Waals surface area contributed by atoms with Gasteiger partial charge in [-0.3, -0.25) is 0 Å². The molecule has 2 aromatic carbocycles. The Morgan fingerprint density at radius 1 is 1.07 bits per heavy atom. The molecule has 0 unspecified atom stereocenters. The third kappa shape index (κ3) is 3.69. The molecule has 1 aromatic heterocycles. The topological polar surface area (TPSA) is 32.3 Å². The standard InChI is InChI=1S/C25H28N2OS/c1-4-18-11-9-10-14-22(18)26-25(28)27-16-15-21-20(5-2)17(3)29-24(21)23(27)19-12-7-6-8-13-19/h6-14,23H,4-5,15-16H2,1-3H3,(H,26,28)/t23-/m0/s1. The summed E-state index contributed by atoms with van der Waals surface area (Å²) in [6.45, 7) is 7.29. The fourth-order valence-electron chi connectivity index (χ4n) is 4.43. The maximum Gasteiger partial charge on any atom is 0.322 e. The SMILES string of the molecule is CCc1ccccc1NC(=O)N1CCc2c(sc(C)c2CC)[C@@H]1c1ccccc1. The van der Waals surface area contributed by atoms with Crippen molar-refractivity contribution >= 4 is 23.1 Å². The molecule has 29 heavy (non-hydrogen) atoms. The van der Waals surface area contributed by atoms with E-state index in [0.29, 0.717) is 0 Å². The number of nitrogens with one attached hydrogen (secondary N) is 1. The molecule has 1 N–H and O–H groups in total. The van der Waals surface area contributed by atoms with Crippen LogP contribution in [-0.4, -0.2) is 17.5 Å². The minimum absolute atomic E-state index is 0.0190. The Hall–Kier alpha value is -2.59. The zero-order valence-corrected chi connectivity index (χ0v) is 18.2. The molecule has 4 heteroatoms. The number of rotatable bonds is 4. The van der Waals surface area contributed by atoms with Gasteiger partial charge in [-0.05, 0) is 54.5 Å². The van der Waals surface area contributed by atoms with Crippen LogP contribution in [0.4, 0.5) is 10.5 Å². The number of para-hydroxylation sites is 1. The van der Waals surface area contributed by atoms with Crippen LogP contribution in [0.3, 0.4) is 0 Å². The van der Waals surface area contributed by atoms with Gasteiger partial charge in [0.1, 0.15) is 0 Å². The molecule has 1 aliphatic rings. The number of fused-ring (bicyclic) bond motifs is 1. The van der Waals surface area contributed by atoms with E-state index in [0.717, 1.165) is 37.1 Å². The smallest absolute Gasteiger partial charge is 0.312 e. The van der Waals surface area contributed by atoms with Crippen molar-refractivity contribution in [1.82, 2.24) is 4.90 Å². The Morgan fingerprint density at radius 2 is 1.79 bits per heavy atom. The molecule has 1 atom stereocenters. The number of urea groups is 1. The molecule has 0 saturated carbocycles. The highest BCUT2D eigenvalue weighted by atomic mass is 32.1. The van der Waals surface area contributed by atoms with E-state index in [-0.39, 0.29) is 12.1 Å². The molecule has 0 fully saturated rings. The summed E-state index contributed by atoms with van der Waals surface area (Å²) in [6.07, 6.45) is 2.87. The van der Waals surface area contributed by atoms with Crippen molar-refractivity contribution in [2.45, 2.75) is 46.1 Å². The Kier molecular flexibility index (Phi) is 5.72. The van der Waals surface area contributed by atoms with Gasteiger partial charge >= 0.3 is 6.03 Å².